The van der Waals surface area contributed by atoms with E-state index in [0.717, 1.165) is 18.4 Å². The van der Waals surface area contributed by atoms with Gasteiger partial charge in [0.2, 0.25) is 5.91 Å². The zero-order valence-corrected chi connectivity index (χ0v) is 20.9. The van der Waals surface area contributed by atoms with Crippen molar-refractivity contribution in [1.82, 2.24) is 25.4 Å². The van der Waals surface area contributed by atoms with Crippen LogP contribution in [0.1, 0.15) is 56.3 Å². The number of carbonyl (C=O) groups excluding carboxylic acids is 3. The summed E-state index contributed by atoms with van der Waals surface area (Å²) < 4.78 is 16.5. The quantitative estimate of drug-likeness (QED) is 0.366. The van der Waals surface area contributed by atoms with Gasteiger partial charge in [0.15, 0.2) is 10.9 Å². The predicted octanol–water partition coefficient (Wildman–Crippen LogP) is 3.16. The highest BCUT2D eigenvalue weighted by Crippen LogP contribution is 2.40. The van der Waals surface area contributed by atoms with Crippen LogP contribution in [0.4, 0.5) is 4.39 Å². The van der Waals surface area contributed by atoms with Gasteiger partial charge >= 0.3 is 0 Å². The lowest BCUT2D eigenvalue weighted by atomic mass is 9.93. The highest BCUT2D eigenvalue weighted by atomic mass is 32.2. The predicted molar refractivity (Wildman–Crippen MR) is 132 cm³/mol. The fraction of sp³-hybridized carbons (Fsp3) is 0.480. The summed E-state index contributed by atoms with van der Waals surface area (Å²) in [5.74, 6) is -0.856. The molecule has 2 heterocycles. The molecule has 1 aliphatic carbocycles. The van der Waals surface area contributed by atoms with E-state index in [2.05, 4.69) is 10.3 Å². The number of ketones is 1. The Balaban J connectivity index is 1.61. The maximum Gasteiger partial charge on any atom is 0.243 e. The Hall–Kier alpha value is -2.89. The number of hydrogen-bond donors (Lipinski definition) is 2. The summed E-state index contributed by atoms with van der Waals surface area (Å²) in [6, 6.07) is 5.77. The molecule has 1 saturated carbocycles. The highest BCUT2D eigenvalue weighted by molar-refractivity contribution is 8.14. The van der Waals surface area contributed by atoms with Crippen LogP contribution >= 0.6 is 11.8 Å². The molecule has 2 atom stereocenters. The molecule has 1 aromatic heterocycles. The first-order valence-corrected chi connectivity index (χ1v) is 13.0. The molecule has 4 rings (SSSR count). The van der Waals surface area contributed by atoms with Crippen LogP contribution in [0.15, 0.2) is 36.0 Å². The molecule has 0 spiro atoms. The van der Waals surface area contributed by atoms with Crippen molar-refractivity contribution in [2.45, 2.75) is 56.9 Å². The second kappa shape index (κ2) is 11.9. The second-order valence-electron chi connectivity index (χ2n) is 9.20. The largest absolute Gasteiger partial charge is 0.297 e. The Morgan fingerprint density at radius 3 is 2.75 bits per heavy atom. The average molecular weight is 516 g/mol. The number of hydrogen-bond acceptors (Lipinski definition) is 8. The van der Waals surface area contributed by atoms with Gasteiger partial charge in [0.1, 0.15) is 5.82 Å². The third kappa shape index (κ3) is 6.45. The van der Waals surface area contributed by atoms with Gasteiger partial charge in [-0.2, -0.15) is 0 Å². The minimum absolute atomic E-state index is 0.000657. The second-order valence-corrected chi connectivity index (χ2v) is 10.6. The van der Waals surface area contributed by atoms with Crippen LogP contribution in [0.25, 0.3) is 6.08 Å². The van der Waals surface area contributed by atoms with Crippen molar-refractivity contribution in [1.29, 1.82) is 0 Å². The number of aryl methyl sites for hydroxylation is 1. The number of halogens is 1. The van der Waals surface area contributed by atoms with Crippen molar-refractivity contribution in [3.8, 4) is 0 Å². The van der Waals surface area contributed by atoms with Crippen LogP contribution in [-0.4, -0.2) is 60.2 Å². The highest BCUT2D eigenvalue weighted by Gasteiger charge is 2.41. The zero-order valence-electron chi connectivity index (χ0n) is 20.1. The monoisotopic (exact) mass is 515 g/mol. The van der Waals surface area contributed by atoms with Gasteiger partial charge in [0.25, 0.3) is 0 Å². The summed E-state index contributed by atoms with van der Waals surface area (Å²) in [5, 5.41) is 16.7. The molecule has 11 heteroatoms. The fourth-order valence-electron chi connectivity index (χ4n) is 4.58. The zero-order chi connectivity index (χ0) is 25.7. The van der Waals surface area contributed by atoms with Crippen LogP contribution in [0.5, 0.6) is 0 Å². The topological polar surface area (TPSA) is 117 Å². The number of nitrogens with zero attached hydrogens (tertiary/aromatic N) is 4. The fourth-order valence-corrected chi connectivity index (χ4v) is 5.50. The number of rotatable bonds is 10. The number of Topliss-reactive ketones (excluding diaryl/α,β-unsaturated/α-hetero) is 1. The van der Waals surface area contributed by atoms with E-state index in [9.17, 15) is 18.8 Å². The van der Waals surface area contributed by atoms with E-state index >= 15 is 0 Å². The Kier molecular flexibility index (Phi) is 8.65. The number of carbonyl (C=O) groups is 3. The molecular weight excluding hydrogens is 485 g/mol. The van der Waals surface area contributed by atoms with E-state index in [1.165, 1.54) is 24.8 Å². The first-order chi connectivity index (χ1) is 17.4. The van der Waals surface area contributed by atoms with E-state index in [4.69, 9.17) is 5.21 Å². The molecule has 1 saturated heterocycles. The lowest BCUT2D eigenvalue weighted by Gasteiger charge is -2.38. The Morgan fingerprint density at radius 2 is 2.06 bits per heavy atom. The number of hydroxylamine groups is 1. The number of thioether (sulfide) groups is 1. The molecule has 2 N–H and O–H groups in total. The Bertz CT molecular complexity index is 1150. The molecule has 1 aliphatic heterocycles. The molecule has 0 bridgehead atoms. The van der Waals surface area contributed by atoms with Crippen molar-refractivity contribution in [2.75, 3.05) is 13.1 Å². The van der Waals surface area contributed by atoms with Gasteiger partial charge in [-0.25, -0.2) is 14.6 Å². The van der Waals surface area contributed by atoms with E-state index in [-0.39, 0.29) is 28.5 Å². The van der Waals surface area contributed by atoms with Crippen LogP contribution in [0, 0.1) is 11.7 Å². The SMILES string of the molecule is CC(=O)SC1CCN(C(C(=O)C2CC2)c2ccccc2F)C/C1=C/c1cnnn1CCCC(=O)NO. The van der Waals surface area contributed by atoms with Crippen molar-refractivity contribution < 1.29 is 24.0 Å². The molecule has 192 valence electrons. The number of likely N-dealkylation sites (tertiary alicyclic amines) is 1. The van der Waals surface area contributed by atoms with Gasteiger partial charge in [0, 0.05) is 49.7 Å². The molecular formula is C25H30FN5O4S. The Morgan fingerprint density at radius 1 is 1.28 bits per heavy atom. The average Bonchev–Trinajstić information content (AvgIpc) is 3.62. The van der Waals surface area contributed by atoms with Crippen LogP contribution < -0.4 is 5.48 Å². The van der Waals surface area contributed by atoms with Gasteiger partial charge in [-0.15, -0.1) is 5.10 Å². The molecule has 2 aromatic rings. The summed E-state index contributed by atoms with van der Waals surface area (Å²) in [4.78, 5) is 38.6. The number of piperidine rings is 1. The van der Waals surface area contributed by atoms with E-state index in [1.807, 2.05) is 11.0 Å². The van der Waals surface area contributed by atoms with Gasteiger partial charge in [-0.05, 0) is 43.4 Å². The van der Waals surface area contributed by atoms with Crippen molar-refractivity contribution >= 4 is 34.6 Å². The summed E-state index contributed by atoms with van der Waals surface area (Å²) >= 11 is 1.25. The molecule has 1 amide bonds. The van der Waals surface area contributed by atoms with Crippen molar-refractivity contribution in [3.63, 3.8) is 0 Å². The van der Waals surface area contributed by atoms with Gasteiger partial charge < -0.3 is 0 Å². The van der Waals surface area contributed by atoms with Gasteiger partial charge in [0.05, 0.1) is 17.9 Å². The standard InChI is InChI=1S/C25H30FN5O4S/c1-16(32)36-22-10-12-30(24(25(34)17-8-9-17)20-5-2-3-6-21(20)26)15-18(22)13-19-14-27-29-31(19)11-4-7-23(33)28-35/h2-3,5-6,13-14,17,22,24,35H,4,7-12,15H2,1H3,(H,28,33)/b18-13-. The van der Waals surface area contributed by atoms with Crippen molar-refractivity contribution in [3.05, 3.63) is 53.1 Å². The molecule has 0 radical (unpaired) electrons. The number of amides is 1. The molecule has 36 heavy (non-hydrogen) atoms. The molecule has 2 fully saturated rings. The van der Waals surface area contributed by atoms with Crippen LogP contribution in [-0.2, 0) is 20.9 Å². The van der Waals surface area contributed by atoms with Crippen LogP contribution in [0.2, 0.25) is 0 Å². The molecule has 2 unspecified atom stereocenters. The maximum absolute atomic E-state index is 14.8. The number of nitrogens with one attached hydrogen (secondary N) is 1. The lowest BCUT2D eigenvalue weighted by molar-refractivity contribution is -0.129. The Labute approximate surface area is 213 Å². The normalized spacial score (nSPS) is 20.3. The number of benzene rings is 1. The minimum Gasteiger partial charge on any atom is -0.297 e. The van der Waals surface area contributed by atoms with Crippen molar-refractivity contribution in [2.24, 2.45) is 5.92 Å². The van der Waals surface area contributed by atoms with Gasteiger partial charge in [-0.1, -0.05) is 35.2 Å². The third-order valence-corrected chi connectivity index (χ3v) is 7.63. The molecule has 1 aromatic carbocycles. The smallest absolute Gasteiger partial charge is 0.243 e. The summed E-state index contributed by atoms with van der Waals surface area (Å²) in [6.45, 7) is 2.91. The maximum atomic E-state index is 14.8. The lowest BCUT2D eigenvalue weighted by Crippen LogP contribution is -2.43. The third-order valence-electron chi connectivity index (χ3n) is 6.48. The first kappa shape index (κ1) is 26.2. The van der Waals surface area contributed by atoms with E-state index < -0.39 is 17.8 Å². The molecule has 9 nitrogen and oxygen atoms in total. The first-order valence-electron chi connectivity index (χ1n) is 12.1. The van der Waals surface area contributed by atoms with Crippen LogP contribution in [0.3, 0.4) is 0 Å². The number of aromatic nitrogens is 3. The summed E-state index contributed by atoms with van der Waals surface area (Å²) in [5.41, 5.74) is 3.65. The van der Waals surface area contributed by atoms with E-state index in [0.29, 0.717) is 43.7 Å². The summed E-state index contributed by atoms with van der Waals surface area (Å²) in [7, 11) is 0. The van der Waals surface area contributed by atoms with E-state index in [1.54, 1.807) is 34.6 Å². The molecule has 2 aliphatic rings. The van der Waals surface area contributed by atoms with Gasteiger partial charge in [-0.3, -0.25) is 24.5 Å². The summed E-state index contributed by atoms with van der Waals surface area (Å²) in [6.07, 6.45) is 6.43. The minimum atomic E-state index is -0.676.